The van der Waals surface area contributed by atoms with Gasteiger partial charge in [0.15, 0.2) is 5.03 Å². The minimum absolute atomic E-state index is 0.00736. The molecule has 0 atom stereocenters. The van der Waals surface area contributed by atoms with E-state index in [0.29, 0.717) is 5.56 Å². The van der Waals surface area contributed by atoms with Crippen molar-refractivity contribution in [2.75, 3.05) is 0 Å². The van der Waals surface area contributed by atoms with Crippen molar-refractivity contribution in [2.24, 2.45) is 12.5 Å². The van der Waals surface area contributed by atoms with Crippen LogP contribution in [0, 0.1) is 17.3 Å². The molecule has 2 rings (SSSR count). The largest absolute Gasteiger partial charge is 0.273 e. The summed E-state index contributed by atoms with van der Waals surface area (Å²) in [5, 5.41) is 4.09. The van der Waals surface area contributed by atoms with E-state index in [1.807, 2.05) is 20.8 Å². The van der Waals surface area contributed by atoms with E-state index in [-0.39, 0.29) is 15.3 Å². The summed E-state index contributed by atoms with van der Waals surface area (Å²) in [6.07, 6.45) is 1.63. The lowest BCUT2D eigenvalue weighted by atomic mass is 9.98. The third-order valence-corrected chi connectivity index (χ3v) is 4.38. The third-order valence-electron chi connectivity index (χ3n) is 2.68. The summed E-state index contributed by atoms with van der Waals surface area (Å²) in [5.74, 6) is 5.99. The van der Waals surface area contributed by atoms with Crippen LogP contribution in [0.1, 0.15) is 26.3 Å². The van der Waals surface area contributed by atoms with Crippen molar-refractivity contribution in [1.29, 1.82) is 0 Å². The molecule has 0 amide bonds. The van der Waals surface area contributed by atoms with Crippen molar-refractivity contribution in [3.8, 4) is 11.8 Å². The molecule has 0 aliphatic rings. The number of hydrogen-bond donors (Lipinski definition) is 0. The molecule has 0 saturated carbocycles. The summed E-state index contributed by atoms with van der Waals surface area (Å²) in [6.45, 7) is 5.92. The van der Waals surface area contributed by atoms with Gasteiger partial charge in [-0.05, 0) is 32.9 Å². The molecule has 0 saturated heterocycles. The van der Waals surface area contributed by atoms with E-state index in [1.165, 1.54) is 4.68 Å². The maximum atomic E-state index is 12.6. The zero-order valence-corrected chi connectivity index (χ0v) is 13.4. The first-order valence-electron chi connectivity index (χ1n) is 6.57. The van der Waals surface area contributed by atoms with Crippen molar-refractivity contribution >= 4 is 9.84 Å². The molecule has 0 aliphatic heterocycles. The summed E-state index contributed by atoms with van der Waals surface area (Å²) in [7, 11) is -1.96. The van der Waals surface area contributed by atoms with Gasteiger partial charge in [-0.3, -0.25) is 4.68 Å². The fourth-order valence-electron chi connectivity index (χ4n) is 1.72. The van der Waals surface area contributed by atoms with Gasteiger partial charge in [0, 0.05) is 18.7 Å². The van der Waals surface area contributed by atoms with Gasteiger partial charge < -0.3 is 0 Å². The molecular formula is C16H18N2O2S. The second-order valence-corrected chi connectivity index (χ2v) is 7.70. The van der Waals surface area contributed by atoms with Gasteiger partial charge >= 0.3 is 0 Å². The number of hydrogen-bond acceptors (Lipinski definition) is 3. The number of benzene rings is 1. The van der Waals surface area contributed by atoms with Gasteiger partial charge in [-0.2, -0.15) is 5.10 Å². The van der Waals surface area contributed by atoms with Gasteiger partial charge in [-0.15, -0.1) is 0 Å². The molecule has 1 heterocycles. The van der Waals surface area contributed by atoms with Crippen LogP contribution in [0.5, 0.6) is 0 Å². The average Bonchev–Trinajstić information content (AvgIpc) is 2.79. The lowest BCUT2D eigenvalue weighted by Crippen LogP contribution is -2.05. The summed E-state index contributed by atoms with van der Waals surface area (Å²) in [4.78, 5) is 0.225. The quantitative estimate of drug-likeness (QED) is 0.801. The lowest BCUT2D eigenvalue weighted by molar-refractivity contribution is 0.570. The lowest BCUT2D eigenvalue weighted by Gasteiger charge is -2.06. The highest BCUT2D eigenvalue weighted by Crippen LogP contribution is 2.22. The summed E-state index contributed by atoms with van der Waals surface area (Å²) in [5.41, 5.74) is 0.222. The fraction of sp³-hybridized carbons (Fsp3) is 0.312. The molecule has 1 aromatic heterocycles. The van der Waals surface area contributed by atoms with Gasteiger partial charge in [0.2, 0.25) is 9.84 Å². The zero-order valence-electron chi connectivity index (χ0n) is 12.6. The maximum absolute atomic E-state index is 12.6. The van der Waals surface area contributed by atoms with Gasteiger partial charge in [0.1, 0.15) is 0 Å². The monoisotopic (exact) mass is 302 g/mol. The Kier molecular flexibility index (Phi) is 3.93. The van der Waals surface area contributed by atoms with E-state index in [4.69, 9.17) is 0 Å². The molecule has 0 bridgehead atoms. The van der Waals surface area contributed by atoms with Crippen molar-refractivity contribution in [2.45, 2.75) is 30.7 Å². The van der Waals surface area contributed by atoms with Crippen LogP contribution in [-0.2, 0) is 16.9 Å². The molecule has 4 nitrogen and oxygen atoms in total. The van der Waals surface area contributed by atoms with Crippen molar-refractivity contribution in [3.05, 3.63) is 42.1 Å². The Hall–Kier alpha value is -2.06. The number of aryl methyl sites for hydroxylation is 1. The highest BCUT2D eigenvalue weighted by Gasteiger charge is 2.24. The normalized spacial score (nSPS) is 11.8. The molecule has 0 N–H and O–H groups in total. The number of sulfone groups is 1. The van der Waals surface area contributed by atoms with E-state index in [0.717, 1.165) is 0 Å². The highest BCUT2D eigenvalue weighted by atomic mass is 32.2. The molecule has 0 unspecified atom stereocenters. The Morgan fingerprint density at radius 2 is 1.76 bits per heavy atom. The first-order valence-corrected chi connectivity index (χ1v) is 8.05. The molecule has 0 fully saturated rings. The molecule has 0 spiro atoms. The summed E-state index contributed by atoms with van der Waals surface area (Å²) in [6, 6.07) is 8.28. The highest BCUT2D eigenvalue weighted by molar-refractivity contribution is 7.91. The maximum Gasteiger partial charge on any atom is 0.226 e. The van der Waals surface area contributed by atoms with Gasteiger partial charge in [0.25, 0.3) is 0 Å². The van der Waals surface area contributed by atoms with E-state index in [2.05, 4.69) is 16.9 Å². The molecule has 21 heavy (non-hydrogen) atoms. The van der Waals surface area contributed by atoms with Crippen molar-refractivity contribution in [3.63, 3.8) is 0 Å². The predicted octanol–water partition coefficient (Wildman–Crippen LogP) is 2.65. The third kappa shape index (κ3) is 3.53. The zero-order chi connectivity index (χ0) is 15.7. The standard InChI is InChI=1S/C16H18N2O2S/c1-16(2,3)11-10-13-12-18(4)17-15(13)21(19,20)14-8-6-5-7-9-14/h5-9,12H,1-4H3. The van der Waals surface area contributed by atoms with Gasteiger partial charge in [-0.25, -0.2) is 8.42 Å². The predicted molar refractivity (Wildman–Crippen MR) is 81.4 cm³/mol. The van der Waals surface area contributed by atoms with Crippen LogP contribution < -0.4 is 0 Å². The van der Waals surface area contributed by atoms with Crippen LogP contribution in [-0.4, -0.2) is 18.2 Å². The smallest absolute Gasteiger partial charge is 0.226 e. The SMILES string of the molecule is Cn1cc(C#CC(C)(C)C)c(S(=O)(=O)c2ccccc2)n1. The molecule has 1 aromatic carbocycles. The van der Waals surface area contributed by atoms with Gasteiger partial charge in [-0.1, -0.05) is 30.0 Å². The molecule has 5 heteroatoms. The van der Waals surface area contributed by atoms with Gasteiger partial charge in [0.05, 0.1) is 10.5 Å². The first kappa shape index (κ1) is 15.3. The number of aromatic nitrogens is 2. The fourth-order valence-corrected chi connectivity index (χ4v) is 3.09. The molecule has 2 aromatic rings. The Labute approximate surface area is 125 Å². The van der Waals surface area contributed by atoms with Crippen molar-refractivity contribution < 1.29 is 8.42 Å². The molecule has 0 aliphatic carbocycles. The van der Waals surface area contributed by atoms with Crippen LogP contribution in [0.3, 0.4) is 0 Å². The average molecular weight is 302 g/mol. The Balaban J connectivity index is 2.57. The topological polar surface area (TPSA) is 52.0 Å². The molecule has 110 valence electrons. The second kappa shape index (κ2) is 5.38. The number of nitrogens with zero attached hydrogens (tertiary/aromatic N) is 2. The van der Waals surface area contributed by atoms with E-state index in [9.17, 15) is 8.42 Å². The molecular weight excluding hydrogens is 284 g/mol. The number of rotatable bonds is 2. The van der Waals surface area contributed by atoms with Crippen LogP contribution in [0.2, 0.25) is 0 Å². The Bertz CT molecular complexity index is 801. The van der Waals surface area contributed by atoms with Crippen molar-refractivity contribution in [1.82, 2.24) is 9.78 Å². The second-order valence-electron chi connectivity index (χ2n) is 5.84. The first-order chi connectivity index (χ1) is 9.70. The van der Waals surface area contributed by atoms with Crippen LogP contribution in [0.25, 0.3) is 0 Å². The minimum atomic E-state index is -3.65. The van der Waals surface area contributed by atoms with E-state index in [1.54, 1.807) is 43.6 Å². The van der Waals surface area contributed by atoms with Crippen LogP contribution >= 0.6 is 0 Å². The molecule has 0 radical (unpaired) electrons. The summed E-state index contributed by atoms with van der Waals surface area (Å²) < 4.78 is 26.8. The Morgan fingerprint density at radius 3 is 2.33 bits per heavy atom. The van der Waals surface area contributed by atoms with E-state index >= 15 is 0 Å². The van der Waals surface area contributed by atoms with Crippen LogP contribution in [0.4, 0.5) is 0 Å². The summed E-state index contributed by atoms with van der Waals surface area (Å²) >= 11 is 0. The Morgan fingerprint density at radius 1 is 1.14 bits per heavy atom. The minimum Gasteiger partial charge on any atom is -0.273 e. The van der Waals surface area contributed by atoms with Crippen LogP contribution in [0.15, 0.2) is 46.5 Å². The van der Waals surface area contributed by atoms with E-state index < -0.39 is 9.84 Å².